The summed E-state index contributed by atoms with van der Waals surface area (Å²) in [4.78, 5) is 25.4. The maximum atomic E-state index is 11.2. The third-order valence-corrected chi connectivity index (χ3v) is 4.67. The molecule has 3 aromatic rings. The van der Waals surface area contributed by atoms with Crippen LogP contribution in [0.1, 0.15) is 21.5 Å². The van der Waals surface area contributed by atoms with Crippen LogP contribution in [0, 0.1) is 0 Å². The van der Waals surface area contributed by atoms with Gasteiger partial charge in [-0.3, -0.25) is 4.98 Å². The molecule has 0 unspecified atom stereocenters. The molecular formula is C19H18N6O2. The smallest absolute Gasteiger partial charge is 0.337 e. The van der Waals surface area contributed by atoms with Gasteiger partial charge in [0.1, 0.15) is 5.82 Å². The first-order valence-electron chi connectivity index (χ1n) is 8.45. The largest absolute Gasteiger partial charge is 0.478 e. The van der Waals surface area contributed by atoms with Gasteiger partial charge in [-0.2, -0.15) is 4.98 Å². The van der Waals surface area contributed by atoms with Gasteiger partial charge in [-0.05, 0) is 35.7 Å². The first-order valence-corrected chi connectivity index (χ1v) is 8.45. The fraction of sp³-hybridized carbons (Fsp3) is 0.158. The molecule has 2 aromatic heterocycles. The van der Waals surface area contributed by atoms with E-state index in [-0.39, 0.29) is 11.5 Å². The lowest BCUT2D eigenvalue weighted by Crippen LogP contribution is -2.21. The lowest BCUT2D eigenvalue weighted by molar-refractivity contribution is 0.0696. The quantitative estimate of drug-likeness (QED) is 0.642. The fourth-order valence-electron chi connectivity index (χ4n) is 3.29. The van der Waals surface area contributed by atoms with Crippen molar-refractivity contribution in [3.63, 3.8) is 0 Å². The van der Waals surface area contributed by atoms with Crippen molar-refractivity contribution in [2.75, 3.05) is 22.9 Å². The van der Waals surface area contributed by atoms with Crippen LogP contribution in [-0.4, -0.2) is 32.6 Å². The summed E-state index contributed by atoms with van der Waals surface area (Å²) in [6.45, 7) is 1.46. The highest BCUT2D eigenvalue weighted by Gasteiger charge is 2.21. The fourth-order valence-corrected chi connectivity index (χ4v) is 3.29. The van der Waals surface area contributed by atoms with E-state index in [1.807, 2.05) is 12.1 Å². The van der Waals surface area contributed by atoms with Crippen LogP contribution in [0.4, 0.5) is 17.5 Å². The van der Waals surface area contributed by atoms with Crippen molar-refractivity contribution in [3.8, 4) is 11.1 Å². The van der Waals surface area contributed by atoms with E-state index >= 15 is 0 Å². The van der Waals surface area contributed by atoms with Crippen LogP contribution in [0.3, 0.4) is 0 Å². The first kappa shape index (κ1) is 16.8. The second-order valence-corrected chi connectivity index (χ2v) is 6.42. The molecular weight excluding hydrogens is 344 g/mol. The highest BCUT2D eigenvalue weighted by atomic mass is 16.4. The van der Waals surface area contributed by atoms with Crippen molar-refractivity contribution >= 4 is 23.4 Å². The molecule has 0 amide bonds. The van der Waals surface area contributed by atoms with E-state index < -0.39 is 5.97 Å². The maximum absolute atomic E-state index is 11.2. The molecule has 0 saturated heterocycles. The zero-order chi connectivity index (χ0) is 19.0. The Hall–Kier alpha value is -3.68. The van der Waals surface area contributed by atoms with Gasteiger partial charge in [0.2, 0.25) is 5.95 Å². The van der Waals surface area contributed by atoms with Crippen LogP contribution >= 0.6 is 0 Å². The molecule has 3 heterocycles. The van der Waals surface area contributed by atoms with Gasteiger partial charge in [0.05, 0.1) is 5.56 Å². The zero-order valence-corrected chi connectivity index (χ0v) is 14.5. The number of hydrogen-bond donors (Lipinski definition) is 3. The molecule has 1 aliphatic heterocycles. The number of rotatable bonds is 4. The minimum absolute atomic E-state index is 0.167. The number of nitrogen functional groups attached to an aromatic ring is 2. The monoisotopic (exact) mass is 362 g/mol. The molecule has 1 aliphatic rings. The molecule has 4 rings (SSSR count). The number of hydrogen-bond acceptors (Lipinski definition) is 7. The second-order valence-electron chi connectivity index (χ2n) is 6.42. The third-order valence-electron chi connectivity index (χ3n) is 4.67. The van der Waals surface area contributed by atoms with Crippen molar-refractivity contribution in [2.45, 2.75) is 13.0 Å². The number of benzene rings is 1. The lowest BCUT2D eigenvalue weighted by Gasteiger charge is -2.20. The van der Waals surface area contributed by atoms with Gasteiger partial charge in [0.25, 0.3) is 0 Å². The second kappa shape index (κ2) is 6.56. The summed E-state index contributed by atoms with van der Waals surface area (Å²) < 4.78 is 0. The maximum Gasteiger partial charge on any atom is 0.337 e. The van der Waals surface area contributed by atoms with E-state index in [2.05, 4.69) is 25.9 Å². The Morgan fingerprint density at radius 2 is 2.00 bits per heavy atom. The Kier molecular flexibility index (Phi) is 4.08. The number of pyridine rings is 1. The lowest BCUT2D eigenvalue weighted by atomic mass is 10.0. The number of fused-ring (bicyclic) bond motifs is 1. The predicted octanol–water partition coefficient (Wildman–Crippen LogP) is 1.96. The van der Waals surface area contributed by atoms with Crippen LogP contribution in [0.15, 0.2) is 42.9 Å². The van der Waals surface area contributed by atoms with Crippen LogP contribution in [0.25, 0.3) is 11.1 Å². The van der Waals surface area contributed by atoms with E-state index in [1.54, 1.807) is 18.5 Å². The van der Waals surface area contributed by atoms with E-state index in [9.17, 15) is 4.79 Å². The van der Waals surface area contributed by atoms with E-state index in [0.717, 1.165) is 35.3 Å². The molecule has 0 radical (unpaired) electrons. The van der Waals surface area contributed by atoms with Gasteiger partial charge in [-0.1, -0.05) is 6.07 Å². The minimum Gasteiger partial charge on any atom is -0.478 e. The number of carboxylic acids is 1. The molecule has 1 aromatic carbocycles. The van der Waals surface area contributed by atoms with Crippen LogP contribution in [0.2, 0.25) is 0 Å². The summed E-state index contributed by atoms with van der Waals surface area (Å²) in [5, 5.41) is 9.15. The van der Waals surface area contributed by atoms with Crippen LogP contribution < -0.4 is 16.4 Å². The normalized spacial score (nSPS) is 12.8. The number of carboxylic acid groups (broad SMARTS) is 1. The van der Waals surface area contributed by atoms with Crippen molar-refractivity contribution < 1.29 is 9.90 Å². The van der Waals surface area contributed by atoms with E-state index in [4.69, 9.17) is 16.6 Å². The Morgan fingerprint density at radius 3 is 2.78 bits per heavy atom. The molecule has 136 valence electrons. The average molecular weight is 362 g/mol. The first-order chi connectivity index (χ1) is 13.0. The number of carbonyl (C=O) groups is 1. The Bertz CT molecular complexity index is 1040. The molecule has 0 atom stereocenters. The van der Waals surface area contributed by atoms with Crippen molar-refractivity contribution in [1.82, 2.24) is 15.0 Å². The van der Waals surface area contributed by atoms with Gasteiger partial charge < -0.3 is 21.5 Å². The van der Waals surface area contributed by atoms with Gasteiger partial charge in [0.15, 0.2) is 0 Å². The Labute approximate surface area is 155 Å². The Morgan fingerprint density at radius 1 is 1.15 bits per heavy atom. The summed E-state index contributed by atoms with van der Waals surface area (Å²) in [7, 11) is 0. The van der Waals surface area contributed by atoms with Crippen molar-refractivity contribution in [2.24, 2.45) is 0 Å². The van der Waals surface area contributed by atoms with E-state index in [1.165, 1.54) is 11.8 Å². The standard InChI is InChI=1S/C19H18N6O2/c20-17-15(9-23-19(21)24-17)10-25-4-3-12-5-11(1-2-16(12)25)13-6-14(18(26)27)8-22-7-13/h1-2,5-9H,3-4,10H2,(H,26,27)(H4,20,21,23,24). The summed E-state index contributed by atoms with van der Waals surface area (Å²) in [6.07, 6.45) is 5.57. The molecule has 0 spiro atoms. The van der Waals surface area contributed by atoms with Crippen LogP contribution in [0.5, 0.6) is 0 Å². The van der Waals surface area contributed by atoms with Gasteiger partial charge in [-0.15, -0.1) is 0 Å². The van der Waals surface area contributed by atoms with Gasteiger partial charge in [-0.25, -0.2) is 9.78 Å². The molecule has 0 aliphatic carbocycles. The van der Waals surface area contributed by atoms with Gasteiger partial charge >= 0.3 is 5.97 Å². The van der Waals surface area contributed by atoms with Crippen molar-refractivity contribution in [1.29, 1.82) is 0 Å². The topological polar surface area (TPSA) is 131 Å². The summed E-state index contributed by atoms with van der Waals surface area (Å²) in [5.41, 5.74) is 16.6. The number of aromatic nitrogens is 3. The molecule has 8 heteroatoms. The number of anilines is 3. The Balaban J connectivity index is 1.61. The highest BCUT2D eigenvalue weighted by molar-refractivity contribution is 5.89. The number of nitrogens with zero attached hydrogens (tertiary/aromatic N) is 4. The molecule has 5 N–H and O–H groups in total. The van der Waals surface area contributed by atoms with Gasteiger partial charge in [0, 0.05) is 48.5 Å². The van der Waals surface area contributed by atoms with E-state index in [0.29, 0.717) is 12.4 Å². The molecule has 0 saturated carbocycles. The summed E-state index contributed by atoms with van der Waals surface area (Å²) in [5.74, 6) is -0.427. The predicted molar refractivity (Wildman–Crippen MR) is 102 cm³/mol. The number of nitrogens with two attached hydrogens (primary N) is 2. The molecule has 27 heavy (non-hydrogen) atoms. The molecule has 8 nitrogen and oxygen atoms in total. The summed E-state index contributed by atoms with van der Waals surface area (Å²) in [6, 6.07) is 7.74. The van der Waals surface area contributed by atoms with Crippen LogP contribution in [-0.2, 0) is 13.0 Å². The average Bonchev–Trinajstić information content (AvgIpc) is 3.06. The SMILES string of the molecule is Nc1ncc(CN2CCc3cc(-c4cncc(C(=O)O)c4)ccc32)c(N)n1. The number of aromatic carboxylic acids is 1. The highest BCUT2D eigenvalue weighted by Crippen LogP contribution is 2.33. The zero-order valence-electron chi connectivity index (χ0n) is 14.5. The molecule has 0 bridgehead atoms. The van der Waals surface area contributed by atoms with Crippen molar-refractivity contribution in [3.05, 3.63) is 59.5 Å². The molecule has 0 fully saturated rings. The minimum atomic E-state index is -0.986. The third kappa shape index (κ3) is 3.24. The summed E-state index contributed by atoms with van der Waals surface area (Å²) >= 11 is 0.